The lowest BCUT2D eigenvalue weighted by Gasteiger charge is -2.39. The number of ether oxygens (including phenoxy) is 2. The summed E-state index contributed by atoms with van der Waals surface area (Å²) in [5, 5.41) is 0.561. The molecule has 3 rings (SSSR count). The van der Waals surface area contributed by atoms with Crippen molar-refractivity contribution in [2.75, 3.05) is 32.2 Å². The van der Waals surface area contributed by atoms with Crippen LogP contribution < -0.4 is 14.4 Å². The van der Waals surface area contributed by atoms with Crippen molar-refractivity contribution in [2.24, 2.45) is 0 Å². The number of rotatable bonds is 4. The molecule has 2 aromatic rings. The van der Waals surface area contributed by atoms with Crippen LogP contribution >= 0.6 is 11.6 Å². The van der Waals surface area contributed by atoms with Gasteiger partial charge in [-0.3, -0.25) is 9.59 Å². The second-order valence-corrected chi connectivity index (χ2v) is 6.65. The highest BCUT2D eigenvalue weighted by Gasteiger charge is 2.36. The highest BCUT2D eigenvalue weighted by atomic mass is 35.5. The van der Waals surface area contributed by atoms with Gasteiger partial charge in [0.15, 0.2) is 0 Å². The van der Waals surface area contributed by atoms with E-state index in [0.717, 1.165) is 0 Å². The SMILES string of the molecule is COc1ccc(OC)c(N2CCN(C(=O)c3ccc(Cl)cc3)[C@@H](C)C2=O)c1. The molecule has 1 aliphatic rings. The molecular weight excluding hydrogens is 368 g/mol. The van der Waals surface area contributed by atoms with Gasteiger partial charge in [0.2, 0.25) is 5.91 Å². The van der Waals surface area contributed by atoms with E-state index in [1.807, 2.05) is 0 Å². The zero-order valence-corrected chi connectivity index (χ0v) is 16.2. The number of anilines is 1. The van der Waals surface area contributed by atoms with Gasteiger partial charge in [-0.15, -0.1) is 0 Å². The van der Waals surface area contributed by atoms with Gasteiger partial charge in [-0.2, -0.15) is 0 Å². The van der Waals surface area contributed by atoms with Gasteiger partial charge in [-0.05, 0) is 43.3 Å². The van der Waals surface area contributed by atoms with Crippen molar-refractivity contribution in [3.8, 4) is 11.5 Å². The van der Waals surface area contributed by atoms with Crippen LogP contribution in [-0.4, -0.2) is 50.1 Å². The van der Waals surface area contributed by atoms with Crippen LogP contribution in [0.5, 0.6) is 11.5 Å². The van der Waals surface area contributed by atoms with Gasteiger partial charge >= 0.3 is 0 Å². The number of halogens is 1. The van der Waals surface area contributed by atoms with Crippen LogP contribution in [0.25, 0.3) is 0 Å². The Kier molecular flexibility index (Phi) is 5.56. The van der Waals surface area contributed by atoms with Gasteiger partial charge in [0.1, 0.15) is 17.5 Å². The van der Waals surface area contributed by atoms with Crippen molar-refractivity contribution in [2.45, 2.75) is 13.0 Å². The normalized spacial score (nSPS) is 17.0. The van der Waals surface area contributed by atoms with E-state index >= 15 is 0 Å². The molecule has 0 unspecified atom stereocenters. The molecule has 0 spiro atoms. The number of piperazine rings is 1. The Labute approximate surface area is 163 Å². The number of amides is 2. The lowest BCUT2D eigenvalue weighted by atomic mass is 10.1. The summed E-state index contributed by atoms with van der Waals surface area (Å²) in [6.45, 7) is 2.51. The molecule has 1 heterocycles. The maximum Gasteiger partial charge on any atom is 0.254 e. The number of nitrogens with zero attached hydrogens (tertiary/aromatic N) is 2. The van der Waals surface area contributed by atoms with E-state index in [1.54, 1.807) is 73.4 Å². The van der Waals surface area contributed by atoms with Crippen molar-refractivity contribution in [1.29, 1.82) is 0 Å². The van der Waals surface area contributed by atoms with Gasteiger partial charge in [-0.1, -0.05) is 11.6 Å². The van der Waals surface area contributed by atoms with Gasteiger partial charge in [0.05, 0.1) is 19.9 Å². The maximum absolute atomic E-state index is 13.0. The van der Waals surface area contributed by atoms with E-state index in [2.05, 4.69) is 0 Å². The maximum atomic E-state index is 13.0. The third-order valence-electron chi connectivity index (χ3n) is 4.68. The molecule has 0 aromatic heterocycles. The Morgan fingerprint density at radius 3 is 2.41 bits per heavy atom. The molecule has 7 heteroatoms. The number of carbonyl (C=O) groups is 2. The van der Waals surface area contributed by atoms with Crippen molar-refractivity contribution < 1.29 is 19.1 Å². The second-order valence-electron chi connectivity index (χ2n) is 6.21. The molecule has 1 fully saturated rings. The predicted octanol–water partition coefficient (Wildman–Crippen LogP) is 3.23. The van der Waals surface area contributed by atoms with Crippen LogP contribution in [0.3, 0.4) is 0 Å². The second kappa shape index (κ2) is 7.88. The standard InChI is InChI=1S/C20H21ClN2O4/c1-13-19(24)23(17-12-16(26-2)8-9-18(17)27-3)11-10-22(13)20(25)14-4-6-15(21)7-5-14/h4-9,12-13H,10-11H2,1-3H3/t13-/m0/s1. The summed E-state index contributed by atoms with van der Waals surface area (Å²) in [7, 11) is 3.12. The smallest absolute Gasteiger partial charge is 0.254 e. The van der Waals surface area contributed by atoms with E-state index < -0.39 is 6.04 Å². The summed E-state index contributed by atoms with van der Waals surface area (Å²) >= 11 is 5.89. The van der Waals surface area contributed by atoms with Crippen LogP contribution in [0.4, 0.5) is 5.69 Å². The van der Waals surface area contributed by atoms with Crippen LogP contribution in [0, 0.1) is 0 Å². The van der Waals surface area contributed by atoms with Gasteiger partial charge < -0.3 is 19.3 Å². The Balaban J connectivity index is 1.84. The summed E-state index contributed by atoms with van der Waals surface area (Å²) in [6, 6.07) is 11.4. The predicted molar refractivity (Wildman–Crippen MR) is 104 cm³/mol. The largest absolute Gasteiger partial charge is 0.497 e. The van der Waals surface area contributed by atoms with E-state index in [4.69, 9.17) is 21.1 Å². The Morgan fingerprint density at radius 2 is 1.78 bits per heavy atom. The summed E-state index contributed by atoms with van der Waals surface area (Å²) in [5.41, 5.74) is 1.14. The molecule has 27 heavy (non-hydrogen) atoms. The minimum Gasteiger partial charge on any atom is -0.497 e. The molecule has 1 aliphatic heterocycles. The fraction of sp³-hybridized carbons (Fsp3) is 0.300. The zero-order chi connectivity index (χ0) is 19.6. The van der Waals surface area contributed by atoms with Crippen molar-refractivity contribution in [1.82, 2.24) is 4.90 Å². The minimum absolute atomic E-state index is 0.171. The van der Waals surface area contributed by atoms with Crippen LogP contribution in [-0.2, 0) is 4.79 Å². The van der Waals surface area contributed by atoms with Crippen molar-refractivity contribution in [3.63, 3.8) is 0 Å². The zero-order valence-electron chi connectivity index (χ0n) is 15.4. The first-order valence-corrected chi connectivity index (χ1v) is 8.94. The number of methoxy groups -OCH3 is 2. The fourth-order valence-electron chi connectivity index (χ4n) is 3.15. The van der Waals surface area contributed by atoms with Gasteiger partial charge in [0.25, 0.3) is 5.91 Å². The first kappa shape index (κ1) is 19.0. The molecule has 6 nitrogen and oxygen atoms in total. The number of benzene rings is 2. The fourth-order valence-corrected chi connectivity index (χ4v) is 3.28. The molecule has 0 N–H and O–H groups in total. The third kappa shape index (κ3) is 3.71. The molecule has 0 bridgehead atoms. The molecule has 1 atom stereocenters. The van der Waals surface area contributed by atoms with Crippen molar-refractivity contribution >= 4 is 29.1 Å². The molecule has 1 saturated heterocycles. The van der Waals surface area contributed by atoms with E-state index in [9.17, 15) is 9.59 Å². The summed E-state index contributed by atoms with van der Waals surface area (Å²) in [4.78, 5) is 29.0. The Bertz CT molecular complexity index is 854. The van der Waals surface area contributed by atoms with Gasteiger partial charge in [0, 0.05) is 29.7 Å². The molecule has 2 amide bonds. The molecule has 2 aromatic carbocycles. The molecule has 0 saturated carbocycles. The monoisotopic (exact) mass is 388 g/mol. The van der Waals surface area contributed by atoms with Crippen LogP contribution in [0.15, 0.2) is 42.5 Å². The quantitative estimate of drug-likeness (QED) is 0.806. The lowest BCUT2D eigenvalue weighted by Crippen LogP contribution is -2.57. The molecule has 0 radical (unpaired) electrons. The van der Waals surface area contributed by atoms with Crippen molar-refractivity contribution in [3.05, 3.63) is 53.1 Å². The highest BCUT2D eigenvalue weighted by molar-refractivity contribution is 6.30. The number of carbonyl (C=O) groups excluding carboxylic acids is 2. The first-order valence-electron chi connectivity index (χ1n) is 8.56. The lowest BCUT2D eigenvalue weighted by molar-refractivity contribution is -0.124. The van der Waals surface area contributed by atoms with Crippen LogP contribution in [0.2, 0.25) is 5.02 Å². The van der Waals surface area contributed by atoms with E-state index in [1.165, 1.54) is 0 Å². The molecule has 142 valence electrons. The number of hydrogen-bond donors (Lipinski definition) is 0. The summed E-state index contributed by atoms with van der Waals surface area (Å²) in [6.07, 6.45) is 0. The van der Waals surface area contributed by atoms with E-state index in [0.29, 0.717) is 40.9 Å². The average molecular weight is 389 g/mol. The Morgan fingerprint density at radius 1 is 1.07 bits per heavy atom. The number of hydrogen-bond acceptors (Lipinski definition) is 4. The Hall–Kier alpha value is -2.73. The topological polar surface area (TPSA) is 59.1 Å². The highest BCUT2D eigenvalue weighted by Crippen LogP contribution is 2.34. The van der Waals surface area contributed by atoms with Gasteiger partial charge in [-0.25, -0.2) is 0 Å². The van der Waals surface area contributed by atoms with Crippen LogP contribution in [0.1, 0.15) is 17.3 Å². The molecular formula is C20H21ClN2O4. The summed E-state index contributed by atoms with van der Waals surface area (Å²) < 4.78 is 10.7. The minimum atomic E-state index is -0.599. The first-order chi connectivity index (χ1) is 13.0. The third-order valence-corrected chi connectivity index (χ3v) is 4.94. The van der Waals surface area contributed by atoms with E-state index in [-0.39, 0.29) is 11.8 Å². The summed E-state index contributed by atoms with van der Waals surface area (Å²) in [5.74, 6) is 0.847. The average Bonchev–Trinajstić information content (AvgIpc) is 2.69. The molecule has 0 aliphatic carbocycles.